The van der Waals surface area contributed by atoms with Gasteiger partial charge in [-0.15, -0.1) is 0 Å². The molecule has 0 aliphatic carbocycles. The van der Waals surface area contributed by atoms with Crippen molar-refractivity contribution in [1.82, 2.24) is 0 Å². The van der Waals surface area contributed by atoms with Crippen LogP contribution in [0.2, 0.25) is 0 Å². The number of ketones is 1. The molecule has 0 aliphatic heterocycles. The molecule has 0 aromatic heterocycles. The van der Waals surface area contributed by atoms with Crippen LogP contribution in [0.1, 0.15) is 13.8 Å². The molecule has 0 radical (unpaired) electrons. The Morgan fingerprint density at radius 1 is 0.880 bits per heavy atom. The first kappa shape index (κ1) is 24.6. The molecule has 4 N–H and O–H groups in total. The number of hydrogen-bond donors (Lipinski definition) is 4. The lowest BCUT2D eigenvalue weighted by atomic mass is 9.92. The Labute approximate surface area is 145 Å². The SMILES string of the molecule is C=C(C)COCC(COCC(C)=O)(COP(=O)(O)O)COP(=O)(O)O. The van der Waals surface area contributed by atoms with Crippen molar-refractivity contribution in [3.05, 3.63) is 12.2 Å². The molecular weight excluding hydrogens is 382 g/mol. The Morgan fingerprint density at radius 2 is 1.28 bits per heavy atom. The quantitative estimate of drug-likeness (QED) is 0.232. The Kier molecular flexibility index (Phi) is 10.4. The van der Waals surface area contributed by atoms with E-state index in [4.69, 9.17) is 29.0 Å². The van der Waals surface area contributed by atoms with Crippen LogP contribution < -0.4 is 0 Å². The van der Waals surface area contributed by atoms with Gasteiger partial charge in [0.25, 0.3) is 0 Å². The molecule has 0 saturated heterocycles. The fraction of sp³-hybridized carbons (Fsp3) is 0.750. The number of phosphoric ester groups is 2. The van der Waals surface area contributed by atoms with Crippen LogP contribution in [0.15, 0.2) is 12.2 Å². The van der Waals surface area contributed by atoms with Gasteiger partial charge in [-0.25, -0.2) is 9.13 Å². The number of rotatable bonds is 14. The summed E-state index contributed by atoms with van der Waals surface area (Å²) >= 11 is 0. The molecule has 0 aliphatic rings. The van der Waals surface area contributed by atoms with Gasteiger partial charge in [-0.05, 0) is 13.8 Å². The highest BCUT2D eigenvalue weighted by molar-refractivity contribution is 7.46. The number of carbonyl (C=O) groups is 1. The zero-order valence-electron chi connectivity index (χ0n) is 14.0. The molecule has 0 aromatic rings. The highest BCUT2D eigenvalue weighted by atomic mass is 31.2. The van der Waals surface area contributed by atoms with Crippen molar-refractivity contribution in [3.63, 3.8) is 0 Å². The first-order valence-electron chi connectivity index (χ1n) is 6.94. The van der Waals surface area contributed by atoms with Gasteiger partial charge >= 0.3 is 15.6 Å². The second-order valence-electron chi connectivity index (χ2n) is 5.67. The van der Waals surface area contributed by atoms with Gasteiger partial charge < -0.3 is 29.0 Å². The maximum atomic E-state index is 11.0. The maximum absolute atomic E-state index is 11.0. The molecular formula is C12H24O11P2. The van der Waals surface area contributed by atoms with E-state index in [1.165, 1.54) is 6.92 Å². The molecule has 0 unspecified atom stereocenters. The van der Waals surface area contributed by atoms with Gasteiger partial charge in [0.05, 0.1) is 38.4 Å². The summed E-state index contributed by atoms with van der Waals surface area (Å²) in [6.45, 7) is 4.31. The largest absolute Gasteiger partial charge is 0.469 e. The van der Waals surface area contributed by atoms with Crippen molar-refractivity contribution < 1.29 is 52.0 Å². The smallest absolute Gasteiger partial charge is 0.376 e. The topological polar surface area (TPSA) is 169 Å². The van der Waals surface area contributed by atoms with Crippen molar-refractivity contribution >= 4 is 21.4 Å². The summed E-state index contributed by atoms with van der Waals surface area (Å²) < 4.78 is 41.3. The molecule has 148 valence electrons. The third-order valence-corrected chi connectivity index (χ3v) is 3.48. The number of carbonyl (C=O) groups excluding carboxylic acids is 1. The lowest BCUT2D eigenvalue weighted by molar-refractivity contribution is -0.125. The molecule has 0 amide bonds. The van der Waals surface area contributed by atoms with Crippen molar-refractivity contribution in [1.29, 1.82) is 0 Å². The zero-order valence-corrected chi connectivity index (χ0v) is 15.8. The van der Waals surface area contributed by atoms with E-state index in [1.807, 2.05) is 0 Å². The van der Waals surface area contributed by atoms with Gasteiger partial charge in [-0.3, -0.25) is 13.8 Å². The normalized spacial score (nSPS) is 13.0. The number of Topliss-reactive ketones (excluding diaryl/α,β-unsaturated/α-hetero) is 1. The molecule has 25 heavy (non-hydrogen) atoms. The Hall–Kier alpha value is -0.450. The van der Waals surface area contributed by atoms with Crippen molar-refractivity contribution in [2.75, 3.05) is 39.6 Å². The molecule has 0 heterocycles. The van der Waals surface area contributed by atoms with Crippen LogP contribution in [0.5, 0.6) is 0 Å². The van der Waals surface area contributed by atoms with E-state index in [0.717, 1.165) is 0 Å². The number of hydrogen-bond acceptors (Lipinski definition) is 7. The van der Waals surface area contributed by atoms with Crippen molar-refractivity contribution in [2.24, 2.45) is 5.41 Å². The van der Waals surface area contributed by atoms with E-state index >= 15 is 0 Å². The average Bonchev–Trinajstić information content (AvgIpc) is 2.40. The van der Waals surface area contributed by atoms with Gasteiger partial charge in [0, 0.05) is 0 Å². The van der Waals surface area contributed by atoms with E-state index in [9.17, 15) is 13.9 Å². The summed E-state index contributed by atoms with van der Waals surface area (Å²) in [5.41, 5.74) is -0.835. The zero-order chi connectivity index (χ0) is 19.7. The number of ether oxygens (including phenoxy) is 2. The molecule has 0 fully saturated rings. The summed E-state index contributed by atoms with van der Waals surface area (Å²) in [5.74, 6) is -0.316. The minimum Gasteiger partial charge on any atom is -0.376 e. The molecule has 0 saturated carbocycles. The fourth-order valence-electron chi connectivity index (χ4n) is 1.55. The van der Waals surface area contributed by atoms with Crippen LogP contribution in [-0.4, -0.2) is 65.0 Å². The third-order valence-electron chi connectivity index (χ3n) is 2.55. The van der Waals surface area contributed by atoms with Gasteiger partial charge in [-0.2, -0.15) is 0 Å². The van der Waals surface area contributed by atoms with E-state index in [1.54, 1.807) is 6.92 Å². The van der Waals surface area contributed by atoms with Crippen LogP contribution >= 0.6 is 15.6 Å². The van der Waals surface area contributed by atoms with Crippen molar-refractivity contribution in [2.45, 2.75) is 13.8 Å². The molecule has 0 aromatic carbocycles. The van der Waals surface area contributed by atoms with Crippen LogP contribution in [0.25, 0.3) is 0 Å². The lowest BCUT2D eigenvalue weighted by Gasteiger charge is -2.32. The molecule has 13 heteroatoms. The van der Waals surface area contributed by atoms with Gasteiger partial charge in [0.2, 0.25) is 0 Å². The summed E-state index contributed by atoms with van der Waals surface area (Å²) in [4.78, 5) is 46.5. The van der Waals surface area contributed by atoms with Gasteiger partial charge in [0.15, 0.2) is 5.78 Å². The summed E-state index contributed by atoms with van der Waals surface area (Å²) in [6, 6.07) is 0. The average molecular weight is 406 g/mol. The first-order chi connectivity index (χ1) is 11.2. The van der Waals surface area contributed by atoms with Gasteiger partial charge in [-0.1, -0.05) is 12.2 Å². The standard InChI is InChI=1S/C12H24O11P2/c1-10(2)4-20-6-12(7-21-5-11(3)13,8-22-24(14,15)16)9-23-25(17,18)19/h1,4-9H2,2-3H3,(H2,14,15,16)(H2,17,18,19). The number of phosphoric acid groups is 2. The Bertz CT molecular complexity index is 487. The van der Waals surface area contributed by atoms with E-state index in [2.05, 4.69) is 15.6 Å². The second-order valence-corrected chi connectivity index (χ2v) is 8.15. The summed E-state index contributed by atoms with van der Waals surface area (Å²) in [6.07, 6.45) is 0. The molecule has 0 bridgehead atoms. The monoisotopic (exact) mass is 406 g/mol. The van der Waals surface area contributed by atoms with Crippen molar-refractivity contribution in [3.8, 4) is 0 Å². The molecule has 0 atom stereocenters. The molecule has 0 rings (SSSR count). The minimum absolute atomic E-state index is 0.0836. The van der Waals surface area contributed by atoms with E-state index < -0.39 is 34.3 Å². The van der Waals surface area contributed by atoms with Crippen LogP contribution in [0.4, 0.5) is 0 Å². The molecule has 0 spiro atoms. The second kappa shape index (κ2) is 10.6. The maximum Gasteiger partial charge on any atom is 0.469 e. The van der Waals surface area contributed by atoms with Crippen LogP contribution in [-0.2, 0) is 32.4 Å². The lowest BCUT2D eigenvalue weighted by Crippen LogP contribution is -2.41. The van der Waals surface area contributed by atoms with Crippen LogP contribution in [0, 0.1) is 5.41 Å². The molecule has 11 nitrogen and oxygen atoms in total. The predicted octanol–water partition coefficient (Wildman–Crippen LogP) is 0.390. The summed E-state index contributed by atoms with van der Waals surface area (Å²) in [5, 5.41) is 0. The highest BCUT2D eigenvalue weighted by Crippen LogP contribution is 2.42. The van der Waals surface area contributed by atoms with Crippen LogP contribution in [0.3, 0.4) is 0 Å². The predicted molar refractivity (Wildman–Crippen MR) is 85.6 cm³/mol. The fourth-order valence-corrected chi connectivity index (χ4v) is 2.43. The van der Waals surface area contributed by atoms with E-state index in [0.29, 0.717) is 5.57 Å². The van der Waals surface area contributed by atoms with E-state index in [-0.39, 0.29) is 32.2 Å². The highest BCUT2D eigenvalue weighted by Gasteiger charge is 2.37. The van der Waals surface area contributed by atoms with Gasteiger partial charge in [0.1, 0.15) is 6.61 Å². The third kappa shape index (κ3) is 14.4. The first-order valence-corrected chi connectivity index (χ1v) is 10.0. The Morgan fingerprint density at radius 3 is 1.60 bits per heavy atom. The minimum atomic E-state index is -4.87. The Balaban J connectivity index is 5.24. The summed E-state index contributed by atoms with van der Waals surface area (Å²) in [7, 11) is -9.75.